The zero-order valence-electron chi connectivity index (χ0n) is 10.6. The number of hydrogen-bond acceptors (Lipinski definition) is 2. The molecule has 3 nitrogen and oxygen atoms in total. The molecule has 1 saturated heterocycles. The maximum Gasteiger partial charge on any atom is 0.221 e. The SMILES string of the molecule is C[C@@H](NC1CCCNC(=O)C1)c1cccc(F)c1. The van der Waals surface area contributed by atoms with E-state index in [2.05, 4.69) is 10.6 Å². The minimum atomic E-state index is -0.222. The summed E-state index contributed by atoms with van der Waals surface area (Å²) in [5.41, 5.74) is 0.916. The molecule has 1 amide bonds. The molecule has 18 heavy (non-hydrogen) atoms. The Morgan fingerprint density at radius 1 is 1.50 bits per heavy atom. The zero-order valence-corrected chi connectivity index (χ0v) is 10.6. The normalized spacial score (nSPS) is 22.1. The van der Waals surface area contributed by atoms with Crippen molar-refractivity contribution in [1.29, 1.82) is 0 Å². The van der Waals surface area contributed by atoms with Gasteiger partial charge in [0.15, 0.2) is 0 Å². The summed E-state index contributed by atoms with van der Waals surface area (Å²) >= 11 is 0. The van der Waals surface area contributed by atoms with Crippen LogP contribution in [-0.2, 0) is 4.79 Å². The smallest absolute Gasteiger partial charge is 0.221 e. The van der Waals surface area contributed by atoms with Crippen LogP contribution >= 0.6 is 0 Å². The van der Waals surface area contributed by atoms with Gasteiger partial charge in [-0.25, -0.2) is 4.39 Å². The fraction of sp³-hybridized carbons (Fsp3) is 0.500. The lowest BCUT2D eigenvalue weighted by atomic mass is 10.0. The lowest BCUT2D eigenvalue weighted by molar-refractivity contribution is -0.121. The van der Waals surface area contributed by atoms with Crippen LogP contribution in [0.3, 0.4) is 0 Å². The van der Waals surface area contributed by atoms with Gasteiger partial charge in [-0.3, -0.25) is 4.79 Å². The first-order chi connectivity index (χ1) is 8.65. The summed E-state index contributed by atoms with van der Waals surface area (Å²) in [5, 5.41) is 6.26. The van der Waals surface area contributed by atoms with E-state index in [1.807, 2.05) is 13.0 Å². The second-order valence-electron chi connectivity index (χ2n) is 4.84. The highest BCUT2D eigenvalue weighted by molar-refractivity contribution is 5.76. The lowest BCUT2D eigenvalue weighted by Gasteiger charge is -2.21. The molecular formula is C14H19FN2O. The highest BCUT2D eigenvalue weighted by Crippen LogP contribution is 2.17. The number of rotatable bonds is 3. The number of carbonyl (C=O) groups excluding carboxylic acids is 1. The van der Waals surface area contributed by atoms with Crippen LogP contribution in [0.4, 0.5) is 4.39 Å². The first kappa shape index (κ1) is 13.0. The van der Waals surface area contributed by atoms with Crippen molar-refractivity contribution in [2.75, 3.05) is 6.54 Å². The quantitative estimate of drug-likeness (QED) is 0.863. The van der Waals surface area contributed by atoms with E-state index in [4.69, 9.17) is 0 Å². The summed E-state index contributed by atoms with van der Waals surface area (Å²) in [6.45, 7) is 2.75. The van der Waals surface area contributed by atoms with Crippen molar-refractivity contribution in [2.45, 2.75) is 38.3 Å². The van der Waals surface area contributed by atoms with E-state index < -0.39 is 0 Å². The van der Waals surface area contributed by atoms with Gasteiger partial charge >= 0.3 is 0 Å². The minimum Gasteiger partial charge on any atom is -0.356 e. The first-order valence-electron chi connectivity index (χ1n) is 6.43. The third-order valence-corrected chi connectivity index (χ3v) is 3.32. The molecule has 1 unspecified atom stereocenters. The van der Waals surface area contributed by atoms with Crippen LogP contribution in [0.1, 0.15) is 37.8 Å². The number of hydrogen-bond donors (Lipinski definition) is 2. The largest absolute Gasteiger partial charge is 0.356 e. The molecule has 1 heterocycles. The standard InChI is InChI=1S/C14H19FN2O/c1-10(11-4-2-5-12(15)8-11)17-13-6-3-7-16-14(18)9-13/h2,4-5,8,10,13,17H,3,6-7,9H2,1H3,(H,16,18)/t10-,13?/m1/s1. The molecule has 1 aromatic carbocycles. The fourth-order valence-corrected chi connectivity index (χ4v) is 2.34. The Balaban J connectivity index is 1.97. The molecule has 1 aliphatic rings. The Morgan fingerprint density at radius 3 is 3.11 bits per heavy atom. The van der Waals surface area contributed by atoms with Gasteiger partial charge in [-0.2, -0.15) is 0 Å². The Bertz CT molecular complexity index is 422. The topological polar surface area (TPSA) is 41.1 Å². The molecule has 0 radical (unpaired) electrons. The number of benzene rings is 1. The van der Waals surface area contributed by atoms with Gasteiger partial charge in [0.25, 0.3) is 0 Å². The predicted octanol–water partition coefficient (Wildman–Crippen LogP) is 2.14. The van der Waals surface area contributed by atoms with Crippen molar-refractivity contribution < 1.29 is 9.18 Å². The van der Waals surface area contributed by atoms with Gasteiger partial charge < -0.3 is 10.6 Å². The lowest BCUT2D eigenvalue weighted by Crippen LogP contribution is -2.34. The molecule has 98 valence electrons. The highest BCUT2D eigenvalue weighted by Gasteiger charge is 2.19. The van der Waals surface area contributed by atoms with Crippen LogP contribution in [0.2, 0.25) is 0 Å². The first-order valence-corrected chi connectivity index (χ1v) is 6.43. The minimum absolute atomic E-state index is 0.0524. The third-order valence-electron chi connectivity index (χ3n) is 3.32. The van der Waals surface area contributed by atoms with Crippen molar-refractivity contribution in [2.24, 2.45) is 0 Å². The van der Waals surface area contributed by atoms with Gasteiger partial charge in [-0.1, -0.05) is 12.1 Å². The second kappa shape index (κ2) is 5.96. The molecule has 2 N–H and O–H groups in total. The van der Waals surface area contributed by atoms with E-state index >= 15 is 0 Å². The number of carbonyl (C=O) groups is 1. The Morgan fingerprint density at radius 2 is 2.33 bits per heavy atom. The molecule has 2 rings (SSSR count). The maximum absolute atomic E-state index is 13.1. The summed E-state index contributed by atoms with van der Waals surface area (Å²) in [5.74, 6) is -0.129. The van der Waals surface area contributed by atoms with Gasteiger partial charge in [-0.05, 0) is 37.5 Å². The van der Waals surface area contributed by atoms with Crippen LogP contribution in [0.25, 0.3) is 0 Å². The van der Waals surface area contributed by atoms with E-state index in [9.17, 15) is 9.18 Å². The average Bonchev–Trinajstić information content (AvgIpc) is 2.53. The van der Waals surface area contributed by atoms with E-state index in [0.29, 0.717) is 6.42 Å². The van der Waals surface area contributed by atoms with Gasteiger partial charge in [0.2, 0.25) is 5.91 Å². The van der Waals surface area contributed by atoms with Crippen molar-refractivity contribution in [3.8, 4) is 0 Å². The van der Waals surface area contributed by atoms with Gasteiger partial charge in [0.05, 0.1) is 0 Å². The fourth-order valence-electron chi connectivity index (χ4n) is 2.34. The molecule has 0 saturated carbocycles. The number of nitrogens with one attached hydrogen (secondary N) is 2. The molecule has 0 bridgehead atoms. The van der Waals surface area contributed by atoms with E-state index in [1.54, 1.807) is 6.07 Å². The van der Waals surface area contributed by atoms with Crippen LogP contribution in [0.15, 0.2) is 24.3 Å². The maximum atomic E-state index is 13.1. The zero-order chi connectivity index (χ0) is 13.0. The van der Waals surface area contributed by atoms with Crippen LogP contribution in [0, 0.1) is 5.82 Å². The number of halogens is 1. The molecule has 0 spiro atoms. The van der Waals surface area contributed by atoms with E-state index in [1.165, 1.54) is 12.1 Å². The van der Waals surface area contributed by atoms with Crippen molar-refractivity contribution in [3.05, 3.63) is 35.6 Å². The molecule has 0 aromatic heterocycles. The van der Waals surface area contributed by atoms with Gasteiger partial charge in [0, 0.05) is 25.0 Å². The van der Waals surface area contributed by atoms with Crippen molar-refractivity contribution in [3.63, 3.8) is 0 Å². The molecular weight excluding hydrogens is 231 g/mol. The second-order valence-corrected chi connectivity index (χ2v) is 4.84. The van der Waals surface area contributed by atoms with Gasteiger partial charge in [0.1, 0.15) is 5.82 Å². The monoisotopic (exact) mass is 250 g/mol. The van der Waals surface area contributed by atoms with E-state index in [-0.39, 0.29) is 23.8 Å². The predicted molar refractivity (Wildman–Crippen MR) is 68.6 cm³/mol. The van der Waals surface area contributed by atoms with Crippen molar-refractivity contribution in [1.82, 2.24) is 10.6 Å². The molecule has 4 heteroatoms. The summed E-state index contributed by atoms with van der Waals surface area (Å²) < 4.78 is 13.1. The summed E-state index contributed by atoms with van der Waals surface area (Å²) in [6.07, 6.45) is 2.46. The Hall–Kier alpha value is -1.42. The molecule has 0 aliphatic carbocycles. The van der Waals surface area contributed by atoms with Gasteiger partial charge in [-0.15, -0.1) is 0 Å². The summed E-state index contributed by atoms with van der Waals surface area (Å²) in [4.78, 5) is 11.5. The Labute approximate surface area is 107 Å². The van der Waals surface area contributed by atoms with E-state index in [0.717, 1.165) is 24.9 Å². The van der Waals surface area contributed by atoms with Crippen molar-refractivity contribution >= 4 is 5.91 Å². The third kappa shape index (κ3) is 3.53. The Kier molecular flexibility index (Phi) is 4.31. The average molecular weight is 250 g/mol. The van der Waals surface area contributed by atoms with Crippen LogP contribution in [0.5, 0.6) is 0 Å². The number of amides is 1. The highest BCUT2D eigenvalue weighted by atomic mass is 19.1. The summed E-state index contributed by atoms with van der Waals surface area (Å²) in [6, 6.07) is 6.81. The van der Waals surface area contributed by atoms with Crippen LogP contribution < -0.4 is 10.6 Å². The van der Waals surface area contributed by atoms with Crippen LogP contribution in [-0.4, -0.2) is 18.5 Å². The molecule has 1 fully saturated rings. The summed E-state index contributed by atoms with van der Waals surface area (Å²) in [7, 11) is 0. The molecule has 1 aromatic rings. The molecule has 2 atom stereocenters. The molecule has 1 aliphatic heterocycles.